The third-order valence-corrected chi connectivity index (χ3v) is 19.5. The highest BCUT2D eigenvalue weighted by Crippen LogP contribution is 2.40. The lowest BCUT2D eigenvalue weighted by Crippen LogP contribution is -2.71. The van der Waals surface area contributed by atoms with E-state index in [2.05, 4.69) is 16.0 Å². The van der Waals surface area contributed by atoms with Gasteiger partial charge in [0.1, 0.15) is 195 Å². The predicted octanol–water partition coefficient (Wildman–Crippen LogP) is -17.5. The van der Waals surface area contributed by atoms with E-state index in [-0.39, 0.29) is 0 Å². The Morgan fingerprint density at radius 2 is 0.679 bits per heavy atom. The largest absolute Gasteiger partial charge is 0.394 e. The maximum atomic E-state index is 13.3. The summed E-state index contributed by atoms with van der Waals surface area (Å²) in [5.74, 6) is -2.86. The van der Waals surface area contributed by atoms with E-state index in [1.54, 1.807) is 0 Å². The maximum absolute atomic E-state index is 13.3. The van der Waals surface area contributed by atoms with E-state index in [1.165, 1.54) is 20.8 Å². The lowest BCUT2D eigenvalue weighted by molar-refractivity contribution is -0.393. The van der Waals surface area contributed by atoms with E-state index in [4.69, 9.17) is 75.8 Å². The molecule has 8 heterocycles. The fraction of sp³-hybridized carbons (Fsp3) is 0.950. The topological polar surface area (TPSA) is 721 Å². The van der Waals surface area contributed by atoms with Crippen LogP contribution < -0.4 is 16.0 Å². The average Bonchev–Trinajstić information content (AvgIpc) is 0.762. The normalized spacial score (nSPS) is 47.9. The third kappa shape index (κ3) is 19.7. The van der Waals surface area contributed by atoms with Crippen LogP contribution in [0.25, 0.3) is 0 Å². The minimum absolute atomic E-state index is 0.936. The summed E-state index contributed by atoms with van der Waals surface area (Å²) in [6, 6.07) is -5.74. The van der Waals surface area contributed by atoms with E-state index < -0.39 is 334 Å². The van der Waals surface area contributed by atoms with Crippen molar-refractivity contribution in [3.8, 4) is 0 Å². The van der Waals surface area contributed by atoms with E-state index in [1.807, 2.05) is 0 Å². The Morgan fingerprint density at radius 3 is 1.10 bits per heavy atom. The summed E-state index contributed by atoms with van der Waals surface area (Å²) in [6.07, 6.45) is -81.6. The van der Waals surface area contributed by atoms with Crippen LogP contribution in [0.2, 0.25) is 0 Å². The summed E-state index contributed by atoms with van der Waals surface area (Å²) in [4.78, 5) is 39.3. The molecule has 106 heavy (non-hydrogen) atoms. The Balaban J connectivity index is 1.09. The van der Waals surface area contributed by atoms with Crippen LogP contribution in [0.15, 0.2) is 0 Å². The number of hydrogen-bond acceptors (Lipinski definition) is 43. The van der Waals surface area contributed by atoms with Gasteiger partial charge in [-0.25, -0.2) is 0 Å². The molecule has 8 aliphatic heterocycles. The van der Waals surface area contributed by atoms with Crippen molar-refractivity contribution >= 4 is 17.7 Å². The fourth-order valence-corrected chi connectivity index (χ4v) is 13.5. The van der Waals surface area contributed by atoms with Gasteiger partial charge in [-0.1, -0.05) is 0 Å². The van der Waals surface area contributed by atoms with Crippen molar-refractivity contribution in [3.05, 3.63) is 0 Å². The highest BCUT2D eigenvalue weighted by atomic mass is 16.8. The quantitative estimate of drug-likeness (QED) is 0.0331. The van der Waals surface area contributed by atoms with Crippen LogP contribution in [0.3, 0.4) is 0 Å². The van der Waals surface area contributed by atoms with Crippen molar-refractivity contribution in [1.29, 1.82) is 0 Å². The van der Waals surface area contributed by atoms with Crippen LogP contribution in [0, 0.1) is 0 Å². The zero-order valence-corrected chi connectivity index (χ0v) is 57.8. The molecule has 8 fully saturated rings. The molecule has 27 N–H and O–H groups in total. The number of carbonyl (C=O) groups excluding carboxylic acids is 3. The van der Waals surface area contributed by atoms with E-state index in [0.29, 0.717) is 0 Å². The Kier molecular flexibility index (Phi) is 32.1. The summed E-state index contributed by atoms with van der Waals surface area (Å²) in [7, 11) is 0. The van der Waals surface area contributed by atoms with Gasteiger partial charge in [-0.2, -0.15) is 0 Å². The molecule has 8 saturated heterocycles. The number of amides is 3. The first kappa shape index (κ1) is 88.4. The Hall–Kier alpha value is -3.19. The molecule has 0 aromatic carbocycles. The van der Waals surface area contributed by atoms with Crippen LogP contribution >= 0.6 is 0 Å². The number of rotatable bonds is 29. The van der Waals surface area contributed by atoms with Gasteiger partial charge in [-0.3, -0.25) is 14.4 Å². The molecule has 44 atom stereocenters. The first-order chi connectivity index (χ1) is 50.0. The highest BCUT2D eigenvalue weighted by molar-refractivity contribution is 5.74. The second-order valence-corrected chi connectivity index (χ2v) is 27.1. The van der Waals surface area contributed by atoms with Gasteiger partial charge in [-0.05, 0) is 20.8 Å². The molecular weight excluding hydrogens is 1450 g/mol. The minimum atomic E-state index is -2.52. The molecule has 0 spiro atoms. The molecule has 46 nitrogen and oxygen atoms in total. The summed E-state index contributed by atoms with van der Waals surface area (Å²) >= 11 is 0. The molecule has 0 radical (unpaired) electrons. The first-order valence-corrected chi connectivity index (χ1v) is 34.1. The third-order valence-electron chi connectivity index (χ3n) is 19.5. The standard InChI is InChI=1S/C60H103N3O43/c1-14-29(74)36(81)41(86)55(92-14)101-47-26(12-69)99-54(28(63-19(6)72)50(47)104-58-44(89)39(84)33(78)22(8-65)95-58)105-51-35(80)24(10-67)96-59(45(51)90)100-46(20(7-64)61-17(4)70)32(77)21(73)13-91-53-27(62-18(5)71)49(103-56-42(87)37(82)30(75)15(2)93-56)48(25(11-68)98-53)102-60-52(40(85)34(79)23(9-66)97-60)106-57-43(88)38(83)31(76)16(3)94-57/h14-16,20-60,64-69,73-90H,7-13H2,1-6H3,(H,61,70)(H,62,71)(H,63,72)/t14-,15-,16-,20-,21+,22+,23+,24+,25+,26+,27+,28+,29+,30+,31+,32-,33-,34-,35-,36+,37+,38+,39-,40-,41-,42-,43-,44+,45+,46+,47+,48+,49+,50+,51-,52+,53+,54-,55-,56-,57-,58-,59-,60-/m0/s1. The molecule has 8 aliphatic rings. The van der Waals surface area contributed by atoms with Gasteiger partial charge in [0.25, 0.3) is 0 Å². The molecule has 46 heteroatoms. The lowest BCUT2D eigenvalue weighted by atomic mass is 9.93. The van der Waals surface area contributed by atoms with Crippen molar-refractivity contribution in [1.82, 2.24) is 16.0 Å². The van der Waals surface area contributed by atoms with Crippen LogP contribution in [-0.2, 0) is 90.2 Å². The van der Waals surface area contributed by atoms with Crippen LogP contribution in [0.4, 0.5) is 0 Å². The van der Waals surface area contributed by atoms with Crippen molar-refractivity contribution in [2.75, 3.05) is 46.2 Å². The number of aliphatic hydroxyl groups excluding tert-OH is 24. The van der Waals surface area contributed by atoms with Crippen molar-refractivity contribution < 1.29 is 213 Å². The molecule has 3 amide bonds. The lowest BCUT2D eigenvalue weighted by Gasteiger charge is -2.51. The van der Waals surface area contributed by atoms with Gasteiger partial charge in [0, 0.05) is 20.8 Å². The van der Waals surface area contributed by atoms with E-state index in [9.17, 15) is 137 Å². The minimum Gasteiger partial charge on any atom is -0.394 e. The van der Waals surface area contributed by atoms with Crippen LogP contribution in [-0.4, -0.2) is 456 Å². The molecule has 0 saturated carbocycles. The van der Waals surface area contributed by atoms with Gasteiger partial charge < -0.3 is 214 Å². The van der Waals surface area contributed by atoms with Gasteiger partial charge in [0.15, 0.2) is 50.3 Å². The molecule has 616 valence electrons. The monoisotopic (exact) mass is 1550 g/mol. The number of ether oxygens (including phenoxy) is 16. The van der Waals surface area contributed by atoms with Crippen LogP contribution in [0.5, 0.6) is 0 Å². The van der Waals surface area contributed by atoms with Gasteiger partial charge in [0.05, 0.1) is 70.6 Å². The molecule has 0 aliphatic carbocycles. The molecule has 0 unspecified atom stereocenters. The molecule has 0 aromatic rings. The summed E-state index contributed by atoms with van der Waals surface area (Å²) in [5, 5.41) is 272. The van der Waals surface area contributed by atoms with Gasteiger partial charge in [0.2, 0.25) is 17.7 Å². The second kappa shape index (κ2) is 38.6. The predicted molar refractivity (Wildman–Crippen MR) is 330 cm³/mol. The van der Waals surface area contributed by atoms with Gasteiger partial charge >= 0.3 is 0 Å². The first-order valence-electron chi connectivity index (χ1n) is 34.1. The van der Waals surface area contributed by atoms with Gasteiger partial charge in [-0.15, -0.1) is 0 Å². The number of hydrogen-bond donors (Lipinski definition) is 27. The van der Waals surface area contributed by atoms with E-state index >= 15 is 0 Å². The number of carbonyl (C=O) groups is 3. The zero-order valence-electron chi connectivity index (χ0n) is 57.8. The molecule has 0 bridgehead atoms. The maximum Gasteiger partial charge on any atom is 0.217 e. The number of nitrogens with one attached hydrogen (secondary N) is 3. The fourth-order valence-electron chi connectivity index (χ4n) is 13.5. The van der Waals surface area contributed by atoms with Crippen molar-refractivity contribution in [2.45, 2.75) is 311 Å². The second-order valence-electron chi connectivity index (χ2n) is 27.1. The Labute approximate surface area is 602 Å². The average molecular weight is 1550 g/mol. The molecule has 8 rings (SSSR count). The SMILES string of the molecule is CC(=O)N[C@H]1[C@H](O[C@H]2[C@@H](O)[C@@H](CO)O[C@@H](O[C@@H]([C@@H](O)[C@H](O)CO[C@@H]3O[C@H](CO)[C@@H](O[C@@H]4O[C@H](CO)[C@H](O)[C@H](O)[C@H]4O[C@@H]4O[C@@H](C)[C@@H](O)[C@@H](O)[C@@H]4O)[C@H](O[C@@H]4O[C@@H](C)[C@@H](O)[C@@H](O)[C@@H]4O)[C@H]3NC(C)=O)[C@H](CO)NC(C)=O)[C@@H]2O)O[C@H](CO)[C@@H](O[C@@H]2O[C@@H](C)[C@@H](O)[C@@H](O)[C@@H]2O)[C@@H]1O[C@@H]1O[C@H](CO)[C@H](O)[C@H](O)[C@H]1O. The smallest absolute Gasteiger partial charge is 0.217 e. The summed E-state index contributed by atoms with van der Waals surface area (Å²) in [6.45, 7) is -1.33. The Morgan fingerprint density at radius 1 is 0.340 bits per heavy atom. The summed E-state index contributed by atoms with van der Waals surface area (Å²) in [5.41, 5.74) is 0. The van der Waals surface area contributed by atoms with Crippen LogP contribution in [0.1, 0.15) is 41.5 Å². The van der Waals surface area contributed by atoms with E-state index in [0.717, 1.165) is 20.8 Å². The van der Waals surface area contributed by atoms with Crippen molar-refractivity contribution in [3.63, 3.8) is 0 Å². The van der Waals surface area contributed by atoms with Crippen molar-refractivity contribution in [2.24, 2.45) is 0 Å². The zero-order chi connectivity index (χ0) is 78.5. The molecule has 0 aromatic heterocycles. The number of aliphatic hydroxyl groups is 24. The highest BCUT2D eigenvalue weighted by Gasteiger charge is 2.60. The molecular formula is C60H103N3O43. The summed E-state index contributed by atoms with van der Waals surface area (Å²) < 4.78 is 95.3. The Bertz CT molecular complexity index is 2730.